The van der Waals surface area contributed by atoms with Gasteiger partial charge in [0, 0.05) is 29.6 Å². The summed E-state index contributed by atoms with van der Waals surface area (Å²) >= 11 is 0. The zero-order valence-electron chi connectivity index (χ0n) is 27.5. The van der Waals surface area contributed by atoms with Crippen LogP contribution in [0.2, 0.25) is 0 Å². The fourth-order valence-electron chi connectivity index (χ4n) is 6.56. The summed E-state index contributed by atoms with van der Waals surface area (Å²) in [5.41, 5.74) is 2.36. The van der Waals surface area contributed by atoms with Crippen molar-refractivity contribution in [1.82, 2.24) is 20.3 Å². The fourth-order valence-corrected chi connectivity index (χ4v) is 6.56. The average molecular weight is 662 g/mol. The van der Waals surface area contributed by atoms with E-state index in [2.05, 4.69) is 32.5 Å². The van der Waals surface area contributed by atoms with Crippen molar-refractivity contribution < 1.29 is 14.0 Å². The van der Waals surface area contributed by atoms with E-state index < -0.39 is 5.63 Å². The van der Waals surface area contributed by atoms with Crippen LogP contribution >= 0.6 is 0 Å². The number of carbonyl (C=O) groups is 2. The fraction of sp³-hybridized carbons (Fsp3) is 0.171. The molecule has 8 rings (SSSR count). The van der Waals surface area contributed by atoms with Gasteiger partial charge < -0.3 is 15.1 Å². The van der Waals surface area contributed by atoms with E-state index in [0.717, 1.165) is 46.4 Å². The molecule has 50 heavy (non-hydrogen) atoms. The van der Waals surface area contributed by atoms with Gasteiger partial charge in [-0.15, -0.1) is 0 Å². The lowest BCUT2D eigenvalue weighted by atomic mass is 9.87. The maximum absolute atomic E-state index is 13.0. The van der Waals surface area contributed by atoms with Gasteiger partial charge in [-0.2, -0.15) is 0 Å². The number of fused-ring (bicyclic) bond motifs is 3. The molecule has 1 fully saturated rings. The predicted molar refractivity (Wildman–Crippen MR) is 196 cm³/mol. The molecule has 9 heteroatoms. The molecule has 3 aromatic heterocycles. The molecule has 0 radical (unpaired) electrons. The number of amides is 2. The van der Waals surface area contributed by atoms with E-state index in [1.807, 2.05) is 78.9 Å². The maximum atomic E-state index is 13.0. The minimum absolute atomic E-state index is 0.162. The van der Waals surface area contributed by atoms with Gasteiger partial charge in [-0.05, 0) is 76.7 Å². The lowest BCUT2D eigenvalue weighted by Crippen LogP contribution is -2.38. The Labute approximate surface area is 288 Å². The van der Waals surface area contributed by atoms with Crippen LogP contribution in [-0.2, 0) is 0 Å². The molecule has 2 unspecified atom stereocenters. The van der Waals surface area contributed by atoms with E-state index in [9.17, 15) is 14.4 Å². The minimum Gasteiger partial charge on any atom is -0.402 e. The number of nitrogens with one attached hydrogen (secondary N) is 2. The number of carbonyl (C=O) groups excluding carboxylic acids is 2. The molecule has 1 aliphatic rings. The van der Waals surface area contributed by atoms with Gasteiger partial charge in [-0.3, -0.25) is 9.59 Å². The van der Waals surface area contributed by atoms with Gasteiger partial charge in [0.15, 0.2) is 11.2 Å². The molecule has 2 atom stereocenters. The Morgan fingerprint density at radius 1 is 0.740 bits per heavy atom. The molecule has 2 N–H and O–H groups in total. The highest BCUT2D eigenvalue weighted by Gasteiger charge is 2.23. The first kappa shape index (κ1) is 32.3. The third-order valence-electron chi connectivity index (χ3n) is 8.99. The summed E-state index contributed by atoms with van der Waals surface area (Å²) in [6.45, 7) is 2.22. The van der Waals surface area contributed by atoms with Gasteiger partial charge in [0.05, 0.1) is 5.69 Å². The topological polar surface area (TPSA) is 127 Å². The molecule has 248 valence electrons. The average Bonchev–Trinajstić information content (AvgIpc) is 3.15. The molecular weight excluding hydrogens is 626 g/mol. The molecule has 0 spiro atoms. The summed E-state index contributed by atoms with van der Waals surface area (Å²) in [7, 11) is 0. The summed E-state index contributed by atoms with van der Waals surface area (Å²) in [6, 6.07) is 34.2. The molecule has 0 saturated heterocycles. The summed E-state index contributed by atoms with van der Waals surface area (Å²) in [6.07, 6.45) is 7.43. The molecule has 3 heterocycles. The number of anilines is 1. The molecule has 0 aliphatic heterocycles. The second kappa shape index (κ2) is 14.5. The van der Waals surface area contributed by atoms with Crippen molar-refractivity contribution in [2.24, 2.45) is 5.92 Å². The zero-order chi connectivity index (χ0) is 34.5. The van der Waals surface area contributed by atoms with E-state index >= 15 is 0 Å². The number of hydrogen-bond acceptors (Lipinski definition) is 7. The Hall–Kier alpha value is -6.22. The van der Waals surface area contributed by atoms with Crippen molar-refractivity contribution in [3.63, 3.8) is 0 Å². The van der Waals surface area contributed by atoms with Gasteiger partial charge in [-0.25, -0.2) is 19.7 Å². The molecule has 9 nitrogen and oxygen atoms in total. The van der Waals surface area contributed by atoms with Gasteiger partial charge >= 0.3 is 5.63 Å². The Bertz CT molecular complexity index is 2400. The van der Waals surface area contributed by atoms with Crippen molar-refractivity contribution in [3.05, 3.63) is 143 Å². The Balaban J connectivity index is 0.000000165. The minimum atomic E-state index is -0.469. The maximum Gasteiger partial charge on any atom is 0.365 e. The van der Waals surface area contributed by atoms with Crippen LogP contribution in [0.4, 0.5) is 5.69 Å². The Morgan fingerprint density at radius 3 is 2.26 bits per heavy atom. The molecular formula is C41H35N5O4. The van der Waals surface area contributed by atoms with Crippen molar-refractivity contribution in [1.29, 1.82) is 0 Å². The van der Waals surface area contributed by atoms with Gasteiger partial charge in [0.25, 0.3) is 11.8 Å². The van der Waals surface area contributed by atoms with E-state index in [1.54, 1.807) is 42.7 Å². The summed E-state index contributed by atoms with van der Waals surface area (Å²) in [5.74, 6) is 0.439. The van der Waals surface area contributed by atoms with Crippen LogP contribution in [0.1, 0.15) is 53.5 Å². The summed E-state index contributed by atoms with van der Waals surface area (Å²) < 4.78 is 5.36. The lowest BCUT2D eigenvalue weighted by molar-refractivity contribution is 0.0917. The van der Waals surface area contributed by atoms with Crippen LogP contribution < -0.4 is 16.3 Å². The van der Waals surface area contributed by atoms with Crippen molar-refractivity contribution >= 4 is 50.1 Å². The number of aromatic nitrogens is 3. The number of benzene rings is 4. The van der Waals surface area contributed by atoms with E-state index in [-0.39, 0.29) is 29.1 Å². The largest absolute Gasteiger partial charge is 0.402 e. The summed E-state index contributed by atoms with van der Waals surface area (Å²) in [4.78, 5) is 50.5. The van der Waals surface area contributed by atoms with E-state index in [4.69, 9.17) is 4.42 Å². The van der Waals surface area contributed by atoms with E-state index in [1.165, 1.54) is 6.42 Å². The zero-order valence-corrected chi connectivity index (χ0v) is 27.5. The standard InChI is InChI=1S/C24H25N3O2.C17H10N2O2/c1-16-7-4-10-18(15-16)26-24(29)22-21(13-6-14-25-22)27-23(28)20-12-5-9-17-8-2-3-11-19(17)20;20-17-15-14(9-4-10-18-15)19-16(21-17)13-8-3-6-11-5-1-2-7-12(11)13/h2-3,5-6,8-9,11-14,16,18H,4,7,10,15H2,1H3,(H,26,29)(H,27,28);1-10H. The van der Waals surface area contributed by atoms with Crippen molar-refractivity contribution in [3.8, 4) is 11.5 Å². The highest BCUT2D eigenvalue weighted by Crippen LogP contribution is 2.28. The van der Waals surface area contributed by atoms with Crippen molar-refractivity contribution in [2.75, 3.05) is 5.32 Å². The van der Waals surface area contributed by atoms with Crippen LogP contribution in [0.5, 0.6) is 0 Å². The third-order valence-corrected chi connectivity index (χ3v) is 8.99. The normalized spacial score (nSPS) is 15.6. The summed E-state index contributed by atoms with van der Waals surface area (Å²) in [5, 5.41) is 9.92. The Morgan fingerprint density at radius 2 is 1.44 bits per heavy atom. The van der Waals surface area contributed by atoms with Crippen LogP contribution in [0.25, 0.3) is 44.0 Å². The second-order valence-corrected chi connectivity index (χ2v) is 12.5. The third kappa shape index (κ3) is 6.98. The molecule has 2 amide bonds. The van der Waals surface area contributed by atoms with Crippen LogP contribution in [0, 0.1) is 5.92 Å². The van der Waals surface area contributed by atoms with Gasteiger partial charge in [0.2, 0.25) is 5.89 Å². The first-order chi connectivity index (χ1) is 24.4. The molecule has 1 saturated carbocycles. The highest BCUT2D eigenvalue weighted by atomic mass is 16.4. The van der Waals surface area contributed by atoms with Gasteiger partial charge in [0.1, 0.15) is 5.52 Å². The SMILES string of the molecule is CC1CCCC(NC(=O)c2ncccc2NC(=O)c2cccc3ccccc23)C1.O=c1oc(-c2cccc3ccccc23)nc2cccnc12. The number of nitrogens with zero attached hydrogens (tertiary/aromatic N) is 3. The number of hydrogen-bond donors (Lipinski definition) is 2. The van der Waals surface area contributed by atoms with Crippen LogP contribution in [0.15, 0.2) is 131 Å². The van der Waals surface area contributed by atoms with Crippen molar-refractivity contribution in [2.45, 2.75) is 38.6 Å². The van der Waals surface area contributed by atoms with E-state index in [0.29, 0.717) is 28.6 Å². The number of pyridine rings is 2. The monoisotopic (exact) mass is 661 g/mol. The lowest BCUT2D eigenvalue weighted by Gasteiger charge is -2.27. The second-order valence-electron chi connectivity index (χ2n) is 12.5. The highest BCUT2D eigenvalue weighted by molar-refractivity contribution is 6.14. The van der Waals surface area contributed by atoms with Crippen LogP contribution in [-0.4, -0.2) is 32.8 Å². The first-order valence-corrected chi connectivity index (χ1v) is 16.7. The Kier molecular flexibility index (Phi) is 9.37. The quantitative estimate of drug-likeness (QED) is 0.190. The molecule has 0 bridgehead atoms. The smallest absolute Gasteiger partial charge is 0.365 e. The van der Waals surface area contributed by atoms with Gasteiger partial charge in [-0.1, -0.05) is 92.6 Å². The first-order valence-electron chi connectivity index (χ1n) is 16.7. The predicted octanol–water partition coefficient (Wildman–Crippen LogP) is 8.20. The molecule has 4 aromatic carbocycles. The molecule has 1 aliphatic carbocycles. The van der Waals surface area contributed by atoms with Crippen LogP contribution in [0.3, 0.4) is 0 Å². The number of rotatable bonds is 5. The molecule has 7 aromatic rings.